The fraction of sp³-hybridized carbons (Fsp3) is 0.350. The molecule has 0 radical (unpaired) electrons. The molecule has 0 bridgehead atoms. The molecule has 1 aliphatic rings. The van der Waals surface area contributed by atoms with Crippen LogP contribution in [0.15, 0.2) is 35.3 Å². The van der Waals surface area contributed by atoms with E-state index in [1.165, 1.54) is 22.9 Å². The number of rotatable bonds is 6. The summed E-state index contributed by atoms with van der Waals surface area (Å²) in [7, 11) is 0. The van der Waals surface area contributed by atoms with Crippen LogP contribution in [0, 0.1) is 0 Å². The van der Waals surface area contributed by atoms with Crippen LogP contribution < -0.4 is 10.4 Å². The molecule has 2 aromatic heterocycles. The Bertz CT molecular complexity index is 1180. The third-order valence-electron chi connectivity index (χ3n) is 5.08. The maximum absolute atomic E-state index is 13.5. The molecule has 11 heteroatoms. The lowest BCUT2D eigenvalue weighted by molar-refractivity contribution is -0.139. The van der Waals surface area contributed by atoms with Gasteiger partial charge in [0.15, 0.2) is 5.65 Å². The van der Waals surface area contributed by atoms with Crippen molar-refractivity contribution in [2.45, 2.75) is 19.1 Å². The Labute approximate surface area is 173 Å². The third-order valence-corrected chi connectivity index (χ3v) is 5.08. The highest BCUT2D eigenvalue weighted by atomic mass is 19.4. The highest BCUT2D eigenvalue weighted by Gasteiger charge is 2.35. The second-order valence-corrected chi connectivity index (χ2v) is 7.09. The summed E-state index contributed by atoms with van der Waals surface area (Å²) in [5.41, 5.74) is -0.535. The van der Waals surface area contributed by atoms with E-state index in [9.17, 15) is 27.2 Å². The van der Waals surface area contributed by atoms with E-state index in [2.05, 4.69) is 9.97 Å². The number of carbonyl (C=O) groups is 1. The number of pyridine rings is 1. The molecule has 0 aliphatic carbocycles. The molecule has 1 N–H and O–H groups in total. The number of hydrogen-bond donors (Lipinski definition) is 1. The molecule has 31 heavy (non-hydrogen) atoms. The van der Waals surface area contributed by atoms with Gasteiger partial charge >= 0.3 is 11.9 Å². The van der Waals surface area contributed by atoms with Crippen LogP contribution in [0.5, 0.6) is 5.75 Å². The SMILES string of the molecule is O=C(Cn1c(=O)[nH]c2ncc(-c3ccc(OCCF)c(C(F)(F)F)c3)cc21)N1CCC1. The first-order valence-corrected chi connectivity index (χ1v) is 9.54. The maximum Gasteiger partial charge on any atom is 0.419 e. The number of halogens is 4. The minimum Gasteiger partial charge on any atom is -0.490 e. The van der Waals surface area contributed by atoms with Gasteiger partial charge < -0.3 is 9.64 Å². The van der Waals surface area contributed by atoms with Gasteiger partial charge in [-0.1, -0.05) is 6.07 Å². The van der Waals surface area contributed by atoms with E-state index >= 15 is 0 Å². The van der Waals surface area contributed by atoms with Crippen molar-refractivity contribution in [2.75, 3.05) is 26.4 Å². The first kappa shape index (κ1) is 20.9. The van der Waals surface area contributed by atoms with E-state index in [0.29, 0.717) is 24.2 Å². The number of aromatic nitrogens is 3. The molecular weight excluding hydrogens is 420 g/mol. The van der Waals surface area contributed by atoms with Gasteiger partial charge in [0.2, 0.25) is 5.91 Å². The number of imidazole rings is 1. The van der Waals surface area contributed by atoms with E-state index in [1.807, 2.05) is 0 Å². The number of benzene rings is 1. The molecule has 0 atom stereocenters. The number of aromatic amines is 1. The Morgan fingerprint density at radius 1 is 1.19 bits per heavy atom. The topological polar surface area (TPSA) is 80.2 Å². The fourth-order valence-corrected chi connectivity index (χ4v) is 3.35. The number of fused-ring (bicyclic) bond motifs is 1. The van der Waals surface area contributed by atoms with E-state index in [1.54, 1.807) is 4.90 Å². The number of ether oxygens (including phenoxy) is 1. The van der Waals surface area contributed by atoms with Gasteiger partial charge in [-0.2, -0.15) is 13.2 Å². The second-order valence-electron chi connectivity index (χ2n) is 7.09. The number of nitrogens with zero attached hydrogens (tertiary/aromatic N) is 3. The Kier molecular flexibility index (Phi) is 5.42. The Balaban J connectivity index is 1.73. The monoisotopic (exact) mass is 438 g/mol. The largest absolute Gasteiger partial charge is 0.490 e. The predicted octanol–water partition coefficient (Wildman–Crippen LogP) is 2.99. The quantitative estimate of drug-likeness (QED) is 0.600. The molecule has 1 saturated heterocycles. The van der Waals surface area contributed by atoms with Crippen molar-refractivity contribution >= 4 is 17.1 Å². The van der Waals surface area contributed by atoms with Gasteiger partial charge in [-0.25, -0.2) is 14.2 Å². The van der Waals surface area contributed by atoms with Crippen LogP contribution >= 0.6 is 0 Å². The van der Waals surface area contributed by atoms with Crippen molar-refractivity contribution < 1.29 is 27.1 Å². The van der Waals surface area contributed by atoms with E-state index in [4.69, 9.17) is 4.74 Å². The van der Waals surface area contributed by atoms with Crippen LogP contribution in [0.3, 0.4) is 0 Å². The second kappa shape index (κ2) is 8.05. The zero-order chi connectivity index (χ0) is 22.2. The Morgan fingerprint density at radius 3 is 2.61 bits per heavy atom. The highest BCUT2D eigenvalue weighted by molar-refractivity contribution is 5.82. The van der Waals surface area contributed by atoms with Crippen molar-refractivity contribution in [1.82, 2.24) is 19.4 Å². The minimum atomic E-state index is -4.71. The minimum absolute atomic E-state index is 0.184. The number of hydrogen-bond acceptors (Lipinski definition) is 4. The van der Waals surface area contributed by atoms with Crippen molar-refractivity contribution in [1.29, 1.82) is 0 Å². The van der Waals surface area contributed by atoms with Crippen LogP contribution in [-0.2, 0) is 17.5 Å². The van der Waals surface area contributed by atoms with Crippen molar-refractivity contribution in [3.63, 3.8) is 0 Å². The molecule has 0 spiro atoms. The predicted molar refractivity (Wildman–Crippen MR) is 103 cm³/mol. The average molecular weight is 438 g/mol. The zero-order valence-corrected chi connectivity index (χ0v) is 16.2. The van der Waals surface area contributed by atoms with E-state index in [-0.39, 0.29) is 23.7 Å². The molecule has 4 rings (SSSR count). The van der Waals surface area contributed by atoms with E-state index in [0.717, 1.165) is 18.6 Å². The number of amides is 1. The summed E-state index contributed by atoms with van der Waals surface area (Å²) < 4.78 is 58.8. The van der Waals surface area contributed by atoms with E-state index < -0.39 is 36.5 Å². The number of H-pyrrole nitrogens is 1. The van der Waals surface area contributed by atoms with Gasteiger partial charge in [-0.05, 0) is 30.2 Å². The number of likely N-dealkylation sites (tertiary alicyclic amines) is 1. The fourth-order valence-electron chi connectivity index (χ4n) is 3.35. The summed E-state index contributed by atoms with van der Waals surface area (Å²) in [6.45, 7) is -0.321. The van der Waals surface area contributed by atoms with Crippen molar-refractivity contribution in [3.05, 3.63) is 46.5 Å². The number of alkyl halides is 4. The van der Waals surface area contributed by atoms with Crippen LogP contribution in [0.2, 0.25) is 0 Å². The summed E-state index contributed by atoms with van der Waals surface area (Å²) in [4.78, 5) is 32.9. The maximum atomic E-state index is 13.5. The molecule has 7 nitrogen and oxygen atoms in total. The molecule has 0 unspecified atom stereocenters. The number of carbonyl (C=O) groups excluding carboxylic acids is 1. The van der Waals surface area contributed by atoms with Gasteiger partial charge in [0.1, 0.15) is 25.6 Å². The first-order chi connectivity index (χ1) is 14.8. The van der Waals surface area contributed by atoms with Crippen LogP contribution in [-0.4, -0.2) is 51.7 Å². The number of nitrogens with one attached hydrogen (secondary N) is 1. The highest BCUT2D eigenvalue weighted by Crippen LogP contribution is 2.39. The van der Waals surface area contributed by atoms with Gasteiger partial charge in [-0.15, -0.1) is 0 Å². The lowest BCUT2D eigenvalue weighted by Crippen LogP contribution is -2.44. The average Bonchev–Trinajstić information content (AvgIpc) is 2.98. The molecule has 164 valence electrons. The lowest BCUT2D eigenvalue weighted by Gasteiger charge is -2.30. The zero-order valence-electron chi connectivity index (χ0n) is 16.2. The first-order valence-electron chi connectivity index (χ1n) is 9.54. The van der Waals surface area contributed by atoms with Crippen LogP contribution in [0.25, 0.3) is 22.3 Å². The van der Waals surface area contributed by atoms with Crippen LogP contribution in [0.1, 0.15) is 12.0 Å². The molecule has 1 fully saturated rings. The van der Waals surface area contributed by atoms with Gasteiger partial charge in [0.05, 0.1) is 11.1 Å². The van der Waals surface area contributed by atoms with Crippen molar-refractivity contribution in [3.8, 4) is 16.9 Å². The standard InChI is InChI=1S/C20H18F4N4O3/c21-4-7-31-16-3-2-12(8-14(16)20(22,23)24)13-9-15-18(25-10-13)26-19(30)28(15)11-17(29)27-5-1-6-27/h2-3,8-10H,1,4-7,11H2,(H,25,26,30). The van der Waals surface area contributed by atoms with Crippen LogP contribution in [0.4, 0.5) is 17.6 Å². The molecule has 3 aromatic rings. The molecular formula is C20H18F4N4O3. The summed E-state index contributed by atoms with van der Waals surface area (Å²) in [5, 5.41) is 0. The molecule has 3 heterocycles. The van der Waals surface area contributed by atoms with Gasteiger partial charge in [0, 0.05) is 24.8 Å². The summed E-state index contributed by atoms with van der Waals surface area (Å²) in [6, 6.07) is 4.90. The lowest BCUT2D eigenvalue weighted by atomic mass is 10.0. The Morgan fingerprint density at radius 2 is 1.97 bits per heavy atom. The summed E-state index contributed by atoms with van der Waals surface area (Å²) in [6.07, 6.45) is -2.47. The molecule has 1 amide bonds. The van der Waals surface area contributed by atoms with Gasteiger partial charge in [-0.3, -0.25) is 14.3 Å². The summed E-state index contributed by atoms with van der Waals surface area (Å²) >= 11 is 0. The van der Waals surface area contributed by atoms with Crippen molar-refractivity contribution in [2.24, 2.45) is 0 Å². The summed E-state index contributed by atoms with van der Waals surface area (Å²) in [5.74, 6) is -0.685. The Hall–Kier alpha value is -3.37. The third kappa shape index (κ3) is 4.12. The van der Waals surface area contributed by atoms with Gasteiger partial charge in [0.25, 0.3) is 0 Å². The normalized spacial score (nSPS) is 14.0. The molecule has 1 aromatic carbocycles. The molecule has 1 aliphatic heterocycles. The molecule has 0 saturated carbocycles. The smallest absolute Gasteiger partial charge is 0.419 e.